The standard InChI is InChI=1S/C20H20N2O3S/c1-25-19(23)7-6-14-11-26-18-10-21-17(9-15(14)18)20(24)22-16-8-12-2-4-13(16)5-3-12/h9-13,16H,2-5,8H2,1H3,(H,22,24). The maximum atomic E-state index is 12.7. The van der Waals surface area contributed by atoms with Gasteiger partial charge in [-0.05, 0) is 37.2 Å². The van der Waals surface area contributed by atoms with Gasteiger partial charge in [-0.3, -0.25) is 4.79 Å². The van der Waals surface area contributed by atoms with Crippen LogP contribution in [-0.4, -0.2) is 30.0 Å². The van der Waals surface area contributed by atoms with E-state index in [1.165, 1.54) is 44.1 Å². The molecule has 3 aliphatic carbocycles. The molecule has 3 fully saturated rings. The molecule has 2 aromatic heterocycles. The fourth-order valence-corrected chi connectivity index (χ4v) is 4.96. The van der Waals surface area contributed by atoms with Crippen LogP contribution >= 0.6 is 11.3 Å². The molecule has 1 amide bonds. The van der Waals surface area contributed by atoms with Crippen molar-refractivity contribution in [1.82, 2.24) is 10.3 Å². The molecule has 26 heavy (non-hydrogen) atoms. The summed E-state index contributed by atoms with van der Waals surface area (Å²) < 4.78 is 5.48. The summed E-state index contributed by atoms with van der Waals surface area (Å²) in [5.74, 6) is 5.91. The molecule has 1 N–H and O–H groups in total. The first kappa shape index (κ1) is 17.0. The smallest absolute Gasteiger partial charge is 0.384 e. The minimum atomic E-state index is -0.580. The van der Waals surface area contributed by atoms with Gasteiger partial charge in [-0.25, -0.2) is 9.78 Å². The molecule has 0 saturated heterocycles. The predicted octanol–water partition coefficient (Wildman–Crippen LogP) is 3.13. The zero-order valence-corrected chi connectivity index (χ0v) is 15.4. The van der Waals surface area contributed by atoms with Crippen LogP contribution in [0.4, 0.5) is 0 Å². The van der Waals surface area contributed by atoms with Gasteiger partial charge in [-0.15, -0.1) is 11.3 Å². The first-order valence-electron chi connectivity index (χ1n) is 8.92. The number of pyridine rings is 1. The van der Waals surface area contributed by atoms with Crippen LogP contribution in [-0.2, 0) is 9.53 Å². The molecule has 0 aliphatic heterocycles. The normalized spacial score (nSPS) is 24.0. The first-order chi connectivity index (χ1) is 12.6. The Balaban J connectivity index is 1.55. The average Bonchev–Trinajstić information content (AvgIpc) is 3.09. The zero-order chi connectivity index (χ0) is 18.1. The highest BCUT2D eigenvalue weighted by atomic mass is 32.1. The van der Waals surface area contributed by atoms with Gasteiger partial charge in [0.05, 0.1) is 11.8 Å². The van der Waals surface area contributed by atoms with Gasteiger partial charge in [0.25, 0.3) is 5.91 Å². The van der Waals surface area contributed by atoms with E-state index in [0.717, 1.165) is 22.4 Å². The van der Waals surface area contributed by atoms with Crippen molar-refractivity contribution in [1.29, 1.82) is 0 Å². The van der Waals surface area contributed by atoms with Gasteiger partial charge in [-0.1, -0.05) is 18.8 Å². The van der Waals surface area contributed by atoms with E-state index in [0.29, 0.717) is 17.2 Å². The third-order valence-electron chi connectivity index (χ3n) is 5.54. The maximum absolute atomic E-state index is 12.7. The molecule has 2 aromatic rings. The lowest BCUT2D eigenvalue weighted by atomic mass is 9.68. The lowest BCUT2D eigenvalue weighted by molar-refractivity contribution is -0.133. The summed E-state index contributed by atoms with van der Waals surface area (Å²) in [5.41, 5.74) is 1.11. The Kier molecular flexibility index (Phi) is 4.64. The molecule has 0 aromatic carbocycles. The number of amides is 1. The number of aromatic nitrogens is 1. The highest BCUT2D eigenvalue weighted by molar-refractivity contribution is 7.17. The van der Waals surface area contributed by atoms with Crippen LogP contribution in [0.3, 0.4) is 0 Å². The predicted molar refractivity (Wildman–Crippen MR) is 99.8 cm³/mol. The van der Waals surface area contributed by atoms with Gasteiger partial charge >= 0.3 is 5.97 Å². The maximum Gasteiger partial charge on any atom is 0.384 e. The monoisotopic (exact) mass is 368 g/mol. The van der Waals surface area contributed by atoms with Crippen molar-refractivity contribution in [2.75, 3.05) is 7.11 Å². The number of ether oxygens (including phenoxy) is 1. The van der Waals surface area contributed by atoms with Crippen molar-refractivity contribution in [2.45, 2.75) is 38.1 Å². The third-order valence-corrected chi connectivity index (χ3v) is 6.48. The summed E-state index contributed by atoms with van der Waals surface area (Å²) >= 11 is 1.49. The molecule has 3 aliphatic rings. The van der Waals surface area contributed by atoms with Gasteiger partial charge < -0.3 is 10.1 Å². The van der Waals surface area contributed by atoms with Crippen LogP contribution in [0.2, 0.25) is 0 Å². The molecule has 6 heteroatoms. The Morgan fingerprint density at radius 1 is 1.31 bits per heavy atom. The summed E-state index contributed by atoms with van der Waals surface area (Å²) in [5, 5.41) is 5.90. The molecule has 0 radical (unpaired) electrons. The number of hydrogen-bond donors (Lipinski definition) is 1. The molecule has 0 spiro atoms. The van der Waals surface area contributed by atoms with E-state index < -0.39 is 5.97 Å². The zero-order valence-electron chi connectivity index (χ0n) is 14.6. The average molecular weight is 368 g/mol. The Morgan fingerprint density at radius 2 is 2.12 bits per heavy atom. The fraction of sp³-hybridized carbons (Fsp3) is 0.450. The summed E-state index contributed by atoms with van der Waals surface area (Å²) in [6.07, 6.45) is 7.84. The molecule has 5 rings (SSSR count). The second-order valence-electron chi connectivity index (χ2n) is 7.05. The molecule has 2 bridgehead atoms. The van der Waals surface area contributed by atoms with Crippen molar-refractivity contribution in [3.8, 4) is 11.8 Å². The van der Waals surface area contributed by atoms with Crippen molar-refractivity contribution in [3.05, 3.63) is 28.9 Å². The van der Waals surface area contributed by atoms with Crippen molar-refractivity contribution in [2.24, 2.45) is 11.8 Å². The van der Waals surface area contributed by atoms with Crippen LogP contribution < -0.4 is 5.32 Å². The number of esters is 1. The van der Waals surface area contributed by atoms with E-state index >= 15 is 0 Å². The number of nitrogens with one attached hydrogen (secondary N) is 1. The SMILES string of the molecule is COC(=O)C#Cc1csc2cnc(C(=O)NC3CC4CCC3CC4)cc12. The van der Waals surface area contributed by atoms with Gasteiger partial charge in [-0.2, -0.15) is 0 Å². The number of methoxy groups -OCH3 is 1. The lowest BCUT2D eigenvalue weighted by Crippen LogP contribution is -2.47. The second kappa shape index (κ2) is 7.08. The molecule has 1 unspecified atom stereocenters. The van der Waals surface area contributed by atoms with E-state index in [1.807, 2.05) is 5.38 Å². The van der Waals surface area contributed by atoms with E-state index in [-0.39, 0.29) is 11.9 Å². The van der Waals surface area contributed by atoms with Crippen LogP contribution in [0, 0.1) is 23.7 Å². The fourth-order valence-electron chi connectivity index (χ4n) is 4.12. The minimum absolute atomic E-state index is 0.123. The Hall–Kier alpha value is -2.39. The van der Waals surface area contributed by atoms with Crippen LogP contribution in [0.5, 0.6) is 0 Å². The van der Waals surface area contributed by atoms with Crippen molar-refractivity contribution >= 4 is 33.3 Å². The third kappa shape index (κ3) is 3.32. The van der Waals surface area contributed by atoms with E-state index in [4.69, 9.17) is 0 Å². The Labute approximate surface area is 156 Å². The molecular weight excluding hydrogens is 348 g/mol. The number of rotatable bonds is 2. The molecule has 3 saturated carbocycles. The van der Waals surface area contributed by atoms with E-state index in [9.17, 15) is 9.59 Å². The molecule has 134 valence electrons. The number of hydrogen-bond acceptors (Lipinski definition) is 5. The summed E-state index contributed by atoms with van der Waals surface area (Å²) in [6, 6.07) is 2.04. The van der Waals surface area contributed by atoms with Crippen LogP contribution in [0.25, 0.3) is 10.1 Å². The molecule has 1 atom stereocenters. The lowest BCUT2D eigenvalue weighted by Gasteiger charge is -2.42. The Bertz CT molecular complexity index is 916. The minimum Gasteiger partial charge on any atom is -0.459 e. The number of nitrogens with zero attached hydrogens (tertiary/aromatic N) is 1. The number of carbonyl (C=O) groups excluding carboxylic acids is 2. The van der Waals surface area contributed by atoms with E-state index in [2.05, 4.69) is 26.9 Å². The van der Waals surface area contributed by atoms with Crippen LogP contribution in [0.15, 0.2) is 17.6 Å². The van der Waals surface area contributed by atoms with Crippen LogP contribution in [0.1, 0.15) is 48.2 Å². The van der Waals surface area contributed by atoms with Gasteiger partial charge in [0.2, 0.25) is 0 Å². The summed E-state index contributed by atoms with van der Waals surface area (Å²) in [7, 11) is 1.30. The van der Waals surface area contributed by atoms with Gasteiger partial charge in [0, 0.05) is 34.5 Å². The van der Waals surface area contributed by atoms with Gasteiger partial charge in [0.1, 0.15) is 5.69 Å². The topological polar surface area (TPSA) is 68.3 Å². The quantitative estimate of drug-likeness (QED) is 0.653. The Morgan fingerprint density at radius 3 is 2.81 bits per heavy atom. The molecule has 2 heterocycles. The highest BCUT2D eigenvalue weighted by Crippen LogP contribution is 2.41. The second-order valence-corrected chi connectivity index (χ2v) is 7.96. The number of thiophene rings is 1. The largest absolute Gasteiger partial charge is 0.459 e. The van der Waals surface area contributed by atoms with Crippen molar-refractivity contribution in [3.63, 3.8) is 0 Å². The van der Waals surface area contributed by atoms with E-state index in [1.54, 1.807) is 12.3 Å². The van der Waals surface area contributed by atoms with Crippen molar-refractivity contribution < 1.29 is 14.3 Å². The molecule has 5 nitrogen and oxygen atoms in total. The number of fused-ring (bicyclic) bond motifs is 4. The first-order valence-corrected chi connectivity index (χ1v) is 9.80. The summed E-state index contributed by atoms with van der Waals surface area (Å²) in [6.45, 7) is 0. The molecular formula is C20H20N2O3S. The highest BCUT2D eigenvalue weighted by Gasteiger charge is 2.36. The summed E-state index contributed by atoms with van der Waals surface area (Å²) in [4.78, 5) is 28.2. The van der Waals surface area contributed by atoms with Gasteiger partial charge in [0.15, 0.2) is 0 Å². The number of carbonyl (C=O) groups is 2.